The molecule has 0 saturated heterocycles. The maximum absolute atomic E-state index is 12.9. The maximum atomic E-state index is 12.9. The van der Waals surface area contributed by atoms with Crippen LogP contribution in [0, 0.1) is 11.8 Å². The molecule has 0 fully saturated rings. The van der Waals surface area contributed by atoms with Crippen molar-refractivity contribution in [2.24, 2.45) is 11.8 Å². The Kier molecular flexibility index (Phi) is 6.95. The zero-order chi connectivity index (χ0) is 21.8. The lowest BCUT2D eigenvalue weighted by atomic mass is 9.82. The van der Waals surface area contributed by atoms with Crippen LogP contribution in [-0.2, 0) is 14.3 Å². The van der Waals surface area contributed by atoms with Crippen molar-refractivity contribution in [3.05, 3.63) is 52.4 Å². The second-order valence-electron chi connectivity index (χ2n) is 7.27. The Morgan fingerprint density at radius 3 is 2.43 bits per heavy atom. The van der Waals surface area contributed by atoms with Gasteiger partial charge in [0.2, 0.25) is 5.91 Å². The highest BCUT2D eigenvalue weighted by atomic mass is 35.5. The van der Waals surface area contributed by atoms with Crippen LogP contribution < -0.4 is 5.32 Å². The van der Waals surface area contributed by atoms with Crippen molar-refractivity contribution in [3.63, 3.8) is 0 Å². The molecule has 1 aliphatic rings. The van der Waals surface area contributed by atoms with Gasteiger partial charge in [-0.05, 0) is 32.8 Å². The average molecular weight is 448 g/mol. The van der Waals surface area contributed by atoms with Crippen LogP contribution in [0.15, 0.2) is 41.8 Å². The number of rotatable bonds is 6. The van der Waals surface area contributed by atoms with Crippen molar-refractivity contribution in [1.29, 1.82) is 0 Å². The molecule has 158 valence electrons. The number of esters is 1. The van der Waals surface area contributed by atoms with E-state index in [0.29, 0.717) is 34.0 Å². The molecule has 0 saturated carbocycles. The molecule has 0 radical (unpaired) electrons. The molecule has 6 nitrogen and oxygen atoms in total. The number of anilines is 1. The number of halogens is 1. The first kappa shape index (κ1) is 22.1. The number of carboxylic acids is 1. The molecule has 2 atom stereocenters. The van der Waals surface area contributed by atoms with Crippen LogP contribution >= 0.6 is 22.9 Å². The van der Waals surface area contributed by atoms with Crippen LogP contribution in [0.1, 0.15) is 37.0 Å². The fourth-order valence-corrected chi connectivity index (χ4v) is 4.57. The number of aliphatic carboxylic acids is 1. The van der Waals surface area contributed by atoms with E-state index in [1.807, 2.05) is 0 Å². The zero-order valence-corrected chi connectivity index (χ0v) is 18.1. The Labute approximate surface area is 183 Å². The number of benzene rings is 1. The van der Waals surface area contributed by atoms with E-state index in [4.69, 9.17) is 16.3 Å². The van der Waals surface area contributed by atoms with Gasteiger partial charge in [0, 0.05) is 21.5 Å². The predicted molar refractivity (Wildman–Crippen MR) is 117 cm³/mol. The number of hydrogen-bond donors (Lipinski definition) is 2. The summed E-state index contributed by atoms with van der Waals surface area (Å²) in [6.45, 7) is 3.48. The van der Waals surface area contributed by atoms with Gasteiger partial charge in [-0.25, -0.2) is 4.79 Å². The molecule has 1 aromatic heterocycles. The van der Waals surface area contributed by atoms with E-state index < -0.39 is 29.7 Å². The minimum absolute atomic E-state index is 0.216. The lowest BCUT2D eigenvalue weighted by Gasteiger charge is -2.24. The SMILES string of the molecule is CC(C)OC(=O)c1c(-c2ccccc2Cl)csc1NC(=O)[C@@H]1CC=CC[C@@H]1C(=O)O. The Morgan fingerprint density at radius 2 is 1.80 bits per heavy atom. The largest absolute Gasteiger partial charge is 0.481 e. The van der Waals surface area contributed by atoms with Crippen molar-refractivity contribution in [1.82, 2.24) is 0 Å². The smallest absolute Gasteiger partial charge is 0.342 e. The third-order valence-corrected chi connectivity index (χ3v) is 6.05. The van der Waals surface area contributed by atoms with E-state index in [1.54, 1.807) is 55.6 Å². The van der Waals surface area contributed by atoms with Gasteiger partial charge in [-0.3, -0.25) is 9.59 Å². The monoisotopic (exact) mass is 447 g/mol. The predicted octanol–water partition coefficient (Wildman–Crippen LogP) is 5.24. The number of hydrogen-bond acceptors (Lipinski definition) is 5. The molecule has 0 aliphatic heterocycles. The highest BCUT2D eigenvalue weighted by Gasteiger charge is 2.35. The first-order valence-corrected chi connectivity index (χ1v) is 10.8. The quantitative estimate of drug-likeness (QED) is 0.466. The summed E-state index contributed by atoms with van der Waals surface area (Å²) in [6.07, 6.45) is 3.86. The summed E-state index contributed by atoms with van der Waals surface area (Å²) in [5.41, 5.74) is 1.42. The van der Waals surface area contributed by atoms with Crippen LogP contribution in [0.25, 0.3) is 11.1 Å². The number of carbonyl (C=O) groups is 3. The molecule has 0 bridgehead atoms. The average Bonchev–Trinajstić information content (AvgIpc) is 3.11. The van der Waals surface area contributed by atoms with Crippen molar-refractivity contribution < 1.29 is 24.2 Å². The van der Waals surface area contributed by atoms with E-state index in [0.717, 1.165) is 0 Å². The Balaban J connectivity index is 1.97. The molecule has 2 N–H and O–H groups in total. The molecule has 2 aromatic rings. The van der Waals surface area contributed by atoms with Gasteiger partial charge in [0.15, 0.2) is 0 Å². The Hall–Kier alpha value is -2.64. The number of ether oxygens (including phenoxy) is 1. The van der Waals surface area contributed by atoms with Crippen LogP contribution in [0.4, 0.5) is 5.00 Å². The van der Waals surface area contributed by atoms with Crippen LogP contribution in [0.2, 0.25) is 5.02 Å². The van der Waals surface area contributed by atoms with Crippen molar-refractivity contribution in [3.8, 4) is 11.1 Å². The molecular weight excluding hydrogens is 426 g/mol. The second kappa shape index (κ2) is 9.45. The standard InChI is InChI=1S/C22H22ClNO5S/c1-12(2)29-22(28)18-16(13-7-5-6-10-17(13)23)11-30-20(18)24-19(25)14-8-3-4-9-15(14)21(26)27/h3-7,10-12,14-15H,8-9H2,1-2H3,(H,24,25)(H,26,27)/t14-,15+/m1/s1. The summed E-state index contributed by atoms with van der Waals surface area (Å²) in [5, 5.41) is 14.7. The van der Waals surface area contributed by atoms with Crippen LogP contribution in [-0.4, -0.2) is 29.1 Å². The topological polar surface area (TPSA) is 92.7 Å². The van der Waals surface area contributed by atoms with E-state index in [9.17, 15) is 19.5 Å². The van der Waals surface area contributed by atoms with Gasteiger partial charge in [-0.1, -0.05) is 42.0 Å². The fourth-order valence-electron chi connectivity index (χ4n) is 3.38. The lowest BCUT2D eigenvalue weighted by molar-refractivity contribution is -0.146. The summed E-state index contributed by atoms with van der Waals surface area (Å²) in [7, 11) is 0. The molecule has 1 amide bonds. The van der Waals surface area contributed by atoms with E-state index >= 15 is 0 Å². The van der Waals surface area contributed by atoms with Crippen molar-refractivity contribution in [2.75, 3.05) is 5.32 Å². The first-order valence-electron chi connectivity index (χ1n) is 9.55. The minimum Gasteiger partial charge on any atom is -0.481 e. The van der Waals surface area contributed by atoms with Gasteiger partial charge in [0.05, 0.1) is 17.9 Å². The van der Waals surface area contributed by atoms with Gasteiger partial charge in [0.25, 0.3) is 0 Å². The van der Waals surface area contributed by atoms with Crippen LogP contribution in [0.3, 0.4) is 0 Å². The van der Waals surface area contributed by atoms with Gasteiger partial charge in [-0.15, -0.1) is 11.3 Å². The lowest BCUT2D eigenvalue weighted by Crippen LogP contribution is -2.34. The molecule has 8 heteroatoms. The zero-order valence-electron chi connectivity index (χ0n) is 16.6. The number of allylic oxidation sites excluding steroid dienone is 2. The number of carboxylic acid groups (broad SMARTS) is 1. The van der Waals surface area contributed by atoms with E-state index in [-0.39, 0.29) is 11.7 Å². The number of nitrogens with one attached hydrogen (secondary N) is 1. The molecule has 3 rings (SSSR count). The number of amides is 1. The number of carbonyl (C=O) groups excluding carboxylic acids is 2. The molecule has 0 unspecified atom stereocenters. The summed E-state index contributed by atoms with van der Waals surface area (Å²) in [6, 6.07) is 7.10. The fraction of sp³-hybridized carbons (Fsp3) is 0.318. The Morgan fingerprint density at radius 1 is 1.13 bits per heavy atom. The van der Waals surface area contributed by atoms with Gasteiger partial charge < -0.3 is 15.2 Å². The van der Waals surface area contributed by atoms with E-state index in [1.165, 1.54) is 11.3 Å². The summed E-state index contributed by atoms with van der Waals surface area (Å²) in [4.78, 5) is 37.3. The number of thiophene rings is 1. The molecule has 30 heavy (non-hydrogen) atoms. The molecule has 0 spiro atoms. The van der Waals surface area contributed by atoms with E-state index in [2.05, 4.69) is 5.32 Å². The normalized spacial score (nSPS) is 18.3. The maximum Gasteiger partial charge on any atom is 0.342 e. The summed E-state index contributed by atoms with van der Waals surface area (Å²) >= 11 is 7.50. The summed E-state index contributed by atoms with van der Waals surface area (Å²) in [5.74, 6) is -3.54. The molecule has 1 aliphatic carbocycles. The second-order valence-corrected chi connectivity index (χ2v) is 8.56. The third kappa shape index (κ3) is 4.74. The van der Waals surface area contributed by atoms with Gasteiger partial charge in [-0.2, -0.15) is 0 Å². The first-order chi connectivity index (χ1) is 14.3. The van der Waals surface area contributed by atoms with Crippen LogP contribution in [0.5, 0.6) is 0 Å². The van der Waals surface area contributed by atoms with Gasteiger partial charge in [0.1, 0.15) is 10.6 Å². The Bertz CT molecular complexity index is 997. The van der Waals surface area contributed by atoms with Crippen molar-refractivity contribution >= 4 is 45.8 Å². The molecule has 1 aromatic carbocycles. The van der Waals surface area contributed by atoms with Crippen molar-refractivity contribution in [2.45, 2.75) is 32.8 Å². The summed E-state index contributed by atoms with van der Waals surface area (Å²) < 4.78 is 5.39. The highest BCUT2D eigenvalue weighted by Crippen LogP contribution is 2.40. The third-order valence-electron chi connectivity index (χ3n) is 4.83. The molecular formula is C22H22ClNO5S. The van der Waals surface area contributed by atoms with Gasteiger partial charge >= 0.3 is 11.9 Å². The highest BCUT2D eigenvalue weighted by molar-refractivity contribution is 7.15. The molecule has 1 heterocycles. The minimum atomic E-state index is -1.01.